The summed E-state index contributed by atoms with van der Waals surface area (Å²) in [5, 5.41) is 0. The van der Waals surface area contributed by atoms with Gasteiger partial charge in [-0.1, -0.05) is 6.07 Å². The smallest absolute Gasteiger partial charge is 0.128 e. The predicted octanol–water partition coefficient (Wildman–Crippen LogP) is 3.03. The first-order valence-corrected chi connectivity index (χ1v) is 7.24. The van der Waals surface area contributed by atoms with Gasteiger partial charge in [0, 0.05) is 38.2 Å². The average molecular weight is 281 g/mol. The minimum absolute atomic E-state index is 0.236. The first-order valence-electron chi connectivity index (χ1n) is 7.24. The summed E-state index contributed by atoms with van der Waals surface area (Å²) < 4.78 is 25.7. The highest BCUT2D eigenvalue weighted by Crippen LogP contribution is 2.38. The van der Waals surface area contributed by atoms with Crippen LogP contribution in [0.5, 0.6) is 0 Å². The maximum atomic E-state index is 14.4. The zero-order valence-corrected chi connectivity index (χ0v) is 12.5. The van der Waals surface area contributed by atoms with Crippen LogP contribution in [0.4, 0.5) is 4.39 Å². The molecular weight excluding hydrogens is 257 g/mol. The molecule has 1 aromatic rings. The third-order valence-corrected chi connectivity index (χ3v) is 4.13. The van der Waals surface area contributed by atoms with Crippen LogP contribution in [0, 0.1) is 19.7 Å². The van der Waals surface area contributed by atoms with Gasteiger partial charge in [0.15, 0.2) is 0 Å². The van der Waals surface area contributed by atoms with Crippen molar-refractivity contribution in [2.75, 3.05) is 19.8 Å². The molecule has 2 N–H and O–H groups in total. The fourth-order valence-corrected chi connectivity index (χ4v) is 3.13. The van der Waals surface area contributed by atoms with Crippen LogP contribution in [-0.2, 0) is 9.47 Å². The predicted molar refractivity (Wildman–Crippen MR) is 77.2 cm³/mol. The first kappa shape index (κ1) is 15.4. The van der Waals surface area contributed by atoms with Crippen LogP contribution in [0.1, 0.15) is 42.5 Å². The van der Waals surface area contributed by atoms with E-state index in [1.807, 2.05) is 26.8 Å². The Bertz CT molecular complexity index is 441. The molecule has 1 heterocycles. The van der Waals surface area contributed by atoms with Gasteiger partial charge >= 0.3 is 0 Å². The van der Waals surface area contributed by atoms with Crippen LogP contribution in [0.3, 0.4) is 0 Å². The summed E-state index contributed by atoms with van der Waals surface area (Å²) in [6.45, 7) is 7.53. The van der Waals surface area contributed by atoms with Crippen molar-refractivity contribution >= 4 is 0 Å². The van der Waals surface area contributed by atoms with E-state index in [1.165, 1.54) is 0 Å². The Labute approximate surface area is 120 Å². The molecular formula is C16H24FNO2. The molecule has 1 fully saturated rings. The molecule has 112 valence electrons. The lowest BCUT2D eigenvalue weighted by molar-refractivity contribution is -0.122. The van der Waals surface area contributed by atoms with E-state index in [2.05, 4.69) is 0 Å². The molecule has 0 amide bonds. The fourth-order valence-electron chi connectivity index (χ4n) is 3.13. The summed E-state index contributed by atoms with van der Waals surface area (Å²) in [4.78, 5) is 0. The molecule has 20 heavy (non-hydrogen) atoms. The molecule has 0 aliphatic carbocycles. The Balaban J connectivity index is 2.39. The highest BCUT2D eigenvalue weighted by atomic mass is 19.1. The number of benzene rings is 1. The maximum Gasteiger partial charge on any atom is 0.128 e. The van der Waals surface area contributed by atoms with E-state index in [0.717, 1.165) is 11.1 Å². The average Bonchev–Trinajstić information content (AvgIpc) is 2.38. The molecule has 1 atom stereocenters. The van der Waals surface area contributed by atoms with Crippen LogP contribution < -0.4 is 5.73 Å². The van der Waals surface area contributed by atoms with E-state index in [9.17, 15) is 4.39 Å². The van der Waals surface area contributed by atoms with Gasteiger partial charge in [-0.25, -0.2) is 4.39 Å². The van der Waals surface area contributed by atoms with E-state index in [0.29, 0.717) is 38.2 Å². The topological polar surface area (TPSA) is 44.5 Å². The van der Waals surface area contributed by atoms with Crippen molar-refractivity contribution in [1.29, 1.82) is 0 Å². The number of halogens is 1. The second-order valence-electron chi connectivity index (χ2n) is 5.57. The molecule has 0 spiro atoms. The summed E-state index contributed by atoms with van der Waals surface area (Å²) in [5.74, 6) is -0.236. The van der Waals surface area contributed by atoms with Crippen LogP contribution in [0.15, 0.2) is 12.1 Å². The van der Waals surface area contributed by atoms with E-state index in [-0.39, 0.29) is 5.82 Å². The molecule has 2 rings (SSSR count). The zero-order valence-electron chi connectivity index (χ0n) is 12.5. The monoisotopic (exact) mass is 281 g/mol. The second kappa shape index (κ2) is 6.20. The van der Waals surface area contributed by atoms with Crippen LogP contribution in [0.25, 0.3) is 0 Å². The normalized spacial score (nSPS) is 19.9. The summed E-state index contributed by atoms with van der Waals surface area (Å²) in [7, 11) is 0. The number of rotatable bonds is 4. The Morgan fingerprint density at radius 3 is 2.55 bits per heavy atom. The number of hydrogen-bond donors (Lipinski definition) is 1. The molecule has 1 aliphatic heterocycles. The molecule has 1 saturated heterocycles. The number of hydrogen-bond acceptors (Lipinski definition) is 3. The fraction of sp³-hybridized carbons (Fsp3) is 0.625. The van der Waals surface area contributed by atoms with Crippen molar-refractivity contribution in [3.8, 4) is 0 Å². The lowest BCUT2D eigenvalue weighted by Crippen LogP contribution is -2.48. The molecule has 1 unspecified atom stereocenters. The van der Waals surface area contributed by atoms with E-state index in [1.54, 1.807) is 6.07 Å². The van der Waals surface area contributed by atoms with E-state index in [4.69, 9.17) is 15.2 Å². The van der Waals surface area contributed by atoms with Gasteiger partial charge in [-0.05, 0) is 38.0 Å². The van der Waals surface area contributed by atoms with Crippen molar-refractivity contribution in [2.24, 2.45) is 5.73 Å². The van der Waals surface area contributed by atoms with Gasteiger partial charge in [-0.3, -0.25) is 0 Å². The summed E-state index contributed by atoms with van der Waals surface area (Å²) in [6.07, 6.45) is 1.41. The SMILES string of the molecule is CCOC1(C(N)c2c(C)cc(C)cc2F)CCOCC1. The minimum atomic E-state index is -0.520. The molecule has 0 bridgehead atoms. The van der Waals surface area contributed by atoms with Gasteiger partial charge in [0.1, 0.15) is 5.82 Å². The standard InChI is InChI=1S/C16H24FNO2/c1-4-20-16(5-7-19-8-6-16)15(18)14-12(3)9-11(2)10-13(14)17/h9-10,15H,4-8,18H2,1-3H3. The van der Waals surface area contributed by atoms with E-state index < -0.39 is 11.6 Å². The number of ether oxygens (including phenoxy) is 2. The van der Waals surface area contributed by atoms with Crippen LogP contribution in [-0.4, -0.2) is 25.4 Å². The largest absolute Gasteiger partial charge is 0.381 e. The van der Waals surface area contributed by atoms with Gasteiger partial charge in [-0.2, -0.15) is 0 Å². The molecule has 0 radical (unpaired) electrons. The summed E-state index contributed by atoms with van der Waals surface area (Å²) in [6, 6.07) is 3.05. The Hall–Kier alpha value is -0.970. The number of aryl methyl sites for hydroxylation is 2. The van der Waals surface area contributed by atoms with Crippen molar-refractivity contribution in [1.82, 2.24) is 0 Å². The third-order valence-electron chi connectivity index (χ3n) is 4.13. The Morgan fingerprint density at radius 2 is 2.00 bits per heavy atom. The van der Waals surface area contributed by atoms with Crippen molar-refractivity contribution in [2.45, 2.75) is 45.3 Å². The molecule has 0 saturated carbocycles. The van der Waals surface area contributed by atoms with Crippen LogP contribution >= 0.6 is 0 Å². The zero-order chi connectivity index (χ0) is 14.8. The quantitative estimate of drug-likeness (QED) is 0.922. The summed E-state index contributed by atoms with van der Waals surface area (Å²) in [5.41, 5.74) is 8.28. The molecule has 1 aliphatic rings. The molecule has 3 nitrogen and oxygen atoms in total. The summed E-state index contributed by atoms with van der Waals surface area (Å²) >= 11 is 0. The van der Waals surface area contributed by atoms with Gasteiger partial charge in [0.25, 0.3) is 0 Å². The van der Waals surface area contributed by atoms with Crippen molar-refractivity contribution in [3.63, 3.8) is 0 Å². The Morgan fingerprint density at radius 1 is 1.35 bits per heavy atom. The number of nitrogens with two attached hydrogens (primary N) is 1. The lowest BCUT2D eigenvalue weighted by atomic mass is 9.80. The van der Waals surface area contributed by atoms with Crippen LogP contribution in [0.2, 0.25) is 0 Å². The van der Waals surface area contributed by atoms with Gasteiger partial charge in [0.05, 0.1) is 11.6 Å². The van der Waals surface area contributed by atoms with Gasteiger partial charge < -0.3 is 15.2 Å². The minimum Gasteiger partial charge on any atom is -0.381 e. The maximum absolute atomic E-state index is 14.4. The first-order chi connectivity index (χ1) is 9.50. The highest BCUT2D eigenvalue weighted by Gasteiger charge is 2.41. The third kappa shape index (κ3) is 2.87. The Kier molecular flexibility index (Phi) is 4.78. The van der Waals surface area contributed by atoms with Crippen molar-refractivity contribution in [3.05, 3.63) is 34.6 Å². The molecule has 1 aromatic carbocycles. The molecule has 0 aromatic heterocycles. The highest BCUT2D eigenvalue weighted by molar-refractivity contribution is 5.36. The van der Waals surface area contributed by atoms with E-state index >= 15 is 0 Å². The van der Waals surface area contributed by atoms with Gasteiger partial charge in [0.2, 0.25) is 0 Å². The van der Waals surface area contributed by atoms with Crippen molar-refractivity contribution < 1.29 is 13.9 Å². The lowest BCUT2D eigenvalue weighted by Gasteiger charge is -2.42. The van der Waals surface area contributed by atoms with Gasteiger partial charge in [-0.15, -0.1) is 0 Å². The molecule has 4 heteroatoms. The second-order valence-corrected chi connectivity index (χ2v) is 5.57.